The summed E-state index contributed by atoms with van der Waals surface area (Å²) in [5.74, 6) is 0.265. The number of fused-ring (bicyclic) bond motifs is 1. The van der Waals surface area contributed by atoms with Gasteiger partial charge < -0.3 is 10.3 Å². The summed E-state index contributed by atoms with van der Waals surface area (Å²) >= 11 is 0. The Labute approximate surface area is 136 Å². The molecular weight excluding hydrogens is 284 g/mol. The fraction of sp³-hybridized carbons (Fsp3) is 0.250. The van der Waals surface area contributed by atoms with E-state index in [0.717, 1.165) is 11.9 Å². The molecule has 118 valence electrons. The molecule has 1 atom stereocenters. The molecule has 1 aromatic heterocycles. The van der Waals surface area contributed by atoms with Crippen molar-refractivity contribution >= 4 is 16.8 Å². The Bertz CT molecular complexity index is 776. The van der Waals surface area contributed by atoms with E-state index in [1.165, 1.54) is 16.5 Å². The fourth-order valence-corrected chi connectivity index (χ4v) is 3.01. The van der Waals surface area contributed by atoms with Gasteiger partial charge in [0.05, 0.1) is 0 Å². The maximum Gasteiger partial charge on any atom is 0.220 e. The second-order valence-electron chi connectivity index (χ2n) is 5.81. The largest absolute Gasteiger partial charge is 0.361 e. The molecule has 3 rings (SSSR count). The van der Waals surface area contributed by atoms with Crippen molar-refractivity contribution in [1.82, 2.24) is 10.3 Å². The number of benzene rings is 2. The number of nitrogens with one attached hydrogen (secondary N) is 2. The topological polar surface area (TPSA) is 44.9 Å². The maximum absolute atomic E-state index is 11.9. The van der Waals surface area contributed by atoms with Gasteiger partial charge in [0.1, 0.15) is 0 Å². The molecule has 1 unspecified atom stereocenters. The minimum atomic E-state index is 0.119. The summed E-state index contributed by atoms with van der Waals surface area (Å²) in [5, 5.41) is 4.30. The van der Waals surface area contributed by atoms with Crippen molar-refractivity contribution in [3.8, 4) is 0 Å². The molecule has 0 spiro atoms. The first-order valence-electron chi connectivity index (χ1n) is 8.17. The Morgan fingerprint density at radius 2 is 1.83 bits per heavy atom. The minimum absolute atomic E-state index is 0.119. The summed E-state index contributed by atoms with van der Waals surface area (Å²) in [7, 11) is 0. The molecule has 0 aliphatic heterocycles. The zero-order valence-electron chi connectivity index (χ0n) is 13.4. The zero-order chi connectivity index (χ0) is 16.1. The predicted molar refractivity (Wildman–Crippen MR) is 94.5 cm³/mol. The highest BCUT2D eigenvalue weighted by molar-refractivity contribution is 5.84. The first-order chi connectivity index (χ1) is 11.3. The molecule has 3 aromatic rings. The highest BCUT2D eigenvalue weighted by Crippen LogP contribution is 2.30. The number of carbonyl (C=O) groups is 1. The van der Waals surface area contributed by atoms with Crippen molar-refractivity contribution in [1.29, 1.82) is 0 Å². The second kappa shape index (κ2) is 7.14. The smallest absolute Gasteiger partial charge is 0.220 e. The number of H-pyrrole nitrogens is 1. The molecule has 0 aliphatic rings. The number of amides is 1. The monoisotopic (exact) mass is 306 g/mol. The number of rotatable bonds is 6. The van der Waals surface area contributed by atoms with Gasteiger partial charge in [0.15, 0.2) is 0 Å². The van der Waals surface area contributed by atoms with Gasteiger partial charge >= 0.3 is 0 Å². The molecule has 0 radical (unpaired) electrons. The van der Waals surface area contributed by atoms with Crippen LogP contribution in [0.5, 0.6) is 0 Å². The first-order valence-corrected chi connectivity index (χ1v) is 8.17. The summed E-state index contributed by atoms with van der Waals surface area (Å²) in [6.07, 6.45) is 3.51. The predicted octanol–water partition coefficient (Wildman–Crippen LogP) is 4.22. The van der Waals surface area contributed by atoms with Crippen molar-refractivity contribution in [2.45, 2.75) is 25.7 Å². The lowest BCUT2D eigenvalue weighted by Gasteiger charge is -2.18. The molecule has 0 aliphatic carbocycles. The van der Waals surface area contributed by atoms with E-state index in [2.05, 4.69) is 46.8 Å². The maximum atomic E-state index is 11.9. The van der Waals surface area contributed by atoms with Gasteiger partial charge in [-0.15, -0.1) is 0 Å². The van der Waals surface area contributed by atoms with Gasteiger partial charge in [-0.2, -0.15) is 0 Å². The number of aromatic amines is 1. The van der Waals surface area contributed by atoms with E-state index in [9.17, 15) is 4.79 Å². The van der Waals surface area contributed by atoms with Gasteiger partial charge in [0.25, 0.3) is 0 Å². The van der Waals surface area contributed by atoms with E-state index < -0.39 is 0 Å². The van der Waals surface area contributed by atoms with Crippen LogP contribution in [-0.2, 0) is 4.79 Å². The molecule has 0 fully saturated rings. The Hall–Kier alpha value is -2.55. The summed E-state index contributed by atoms with van der Waals surface area (Å²) in [5.41, 5.74) is 3.57. The fourth-order valence-electron chi connectivity index (χ4n) is 3.01. The third kappa shape index (κ3) is 3.45. The van der Waals surface area contributed by atoms with E-state index >= 15 is 0 Å². The number of para-hydroxylation sites is 1. The van der Waals surface area contributed by atoms with Crippen LogP contribution >= 0.6 is 0 Å². The molecule has 3 heteroatoms. The Morgan fingerprint density at radius 3 is 2.61 bits per heavy atom. The van der Waals surface area contributed by atoms with Crippen molar-refractivity contribution < 1.29 is 4.79 Å². The number of aromatic nitrogens is 1. The van der Waals surface area contributed by atoms with Crippen LogP contribution in [0.4, 0.5) is 0 Å². The van der Waals surface area contributed by atoms with E-state index in [-0.39, 0.29) is 11.8 Å². The Morgan fingerprint density at radius 1 is 1.09 bits per heavy atom. The van der Waals surface area contributed by atoms with Crippen molar-refractivity contribution in [2.75, 3.05) is 6.54 Å². The molecular formula is C20H22N2O. The van der Waals surface area contributed by atoms with Gasteiger partial charge in [0.2, 0.25) is 5.91 Å². The summed E-state index contributed by atoms with van der Waals surface area (Å²) in [6, 6.07) is 18.7. The van der Waals surface area contributed by atoms with Crippen molar-refractivity contribution in [3.63, 3.8) is 0 Å². The average Bonchev–Trinajstić information content (AvgIpc) is 3.00. The first kappa shape index (κ1) is 15.3. The van der Waals surface area contributed by atoms with Crippen molar-refractivity contribution in [2.24, 2.45) is 0 Å². The van der Waals surface area contributed by atoms with Crippen LogP contribution in [-0.4, -0.2) is 17.4 Å². The highest BCUT2D eigenvalue weighted by atomic mass is 16.1. The van der Waals surface area contributed by atoms with Crippen molar-refractivity contribution in [3.05, 3.63) is 71.9 Å². The lowest BCUT2D eigenvalue weighted by molar-refractivity contribution is -0.121. The van der Waals surface area contributed by atoms with Gasteiger partial charge in [-0.3, -0.25) is 4.79 Å². The van der Waals surface area contributed by atoms with Gasteiger partial charge in [-0.25, -0.2) is 0 Å². The number of carbonyl (C=O) groups excluding carboxylic acids is 1. The third-order valence-electron chi connectivity index (χ3n) is 4.18. The molecule has 3 nitrogen and oxygen atoms in total. The normalized spacial score (nSPS) is 12.2. The highest BCUT2D eigenvalue weighted by Gasteiger charge is 2.18. The SMILES string of the molecule is CCCC(=O)NCC(c1ccccc1)c1c[nH]c2ccccc12. The van der Waals surface area contributed by atoms with Crippen LogP contribution in [0.3, 0.4) is 0 Å². The molecule has 23 heavy (non-hydrogen) atoms. The minimum Gasteiger partial charge on any atom is -0.361 e. The van der Waals surface area contributed by atoms with E-state index in [0.29, 0.717) is 13.0 Å². The van der Waals surface area contributed by atoms with Gasteiger partial charge in [0, 0.05) is 36.0 Å². The van der Waals surface area contributed by atoms with E-state index in [4.69, 9.17) is 0 Å². The quantitative estimate of drug-likeness (QED) is 0.704. The second-order valence-corrected chi connectivity index (χ2v) is 5.81. The molecule has 2 N–H and O–H groups in total. The van der Waals surface area contributed by atoms with Crippen LogP contribution in [0.15, 0.2) is 60.8 Å². The lowest BCUT2D eigenvalue weighted by atomic mass is 9.91. The third-order valence-corrected chi connectivity index (χ3v) is 4.18. The van der Waals surface area contributed by atoms with Crippen LogP contribution in [0.25, 0.3) is 10.9 Å². The summed E-state index contributed by atoms with van der Waals surface area (Å²) < 4.78 is 0. The summed E-state index contributed by atoms with van der Waals surface area (Å²) in [4.78, 5) is 15.2. The van der Waals surface area contributed by atoms with Gasteiger partial charge in [-0.05, 0) is 23.6 Å². The van der Waals surface area contributed by atoms with Gasteiger partial charge in [-0.1, -0.05) is 55.5 Å². The van der Waals surface area contributed by atoms with Crippen LogP contribution < -0.4 is 5.32 Å². The molecule has 0 saturated carbocycles. The zero-order valence-corrected chi connectivity index (χ0v) is 13.4. The van der Waals surface area contributed by atoms with Crippen LogP contribution in [0.2, 0.25) is 0 Å². The molecule has 0 saturated heterocycles. The molecule has 1 amide bonds. The lowest BCUT2D eigenvalue weighted by Crippen LogP contribution is -2.28. The number of hydrogen-bond acceptors (Lipinski definition) is 1. The molecule has 0 bridgehead atoms. The Kier molecular flexibility index (Phi) is 4.77. The van der Waals surface area contributed by atoms with Crippen LogP contribution in [0, 0.1) is 0 Å². The summed E-state index contributed by atoms with van der Waals surface area (Å²) in [6.45, 7) is 2.64. The number of hydrogen-bond donors (Lipinski definition) is 2. The van der Waals surface area contributed by atoms with E-state index in [1.54, 1.807) is 0 Å². The van der Waals surface area contributed by atoms with Crippen LogP contribution in [0.1, 0.15) is 36.8 Å². The average molecular weight is 306 g/mol. The Balaban J connectivity index is 1.93. The van der Waals surface area contributed by atoms with E-state index in [1.807, 2.05) is 31.2 Å². The molecule has 2 aromatic carbocycles. The molecule has 1 heterocycles. The standard InChI is InChI=1S/C20H22N2O/c1-2-8-20(23)22-13-17(15-9-4-3-5-10-15)18-14-21-19-12-7-6-11-16(18)19/h3-7,9-12,14,17,21H,2,8,13H2,1H3,(H,22,23).